The molecule has 0 bridgehead atoms. The van der Waals surface area contributed by atoms with Crippen LogP contribution in [0.3, 0.4) is 0 Å². The number of sulfonamides is 1. The van der Waals surface area contributed by atoms with Gasteiger partial charge in [-0.1, -0.05) is 43.2 Å². The van der Waals surface area contributed by atoms with E-state index in [0.29, 0.717) is 13.1 Å². The first-order valence-electron chi connectivity index (χ1n) is 8.00. The standard InChI is InChI=1S/C16H24N2O4S/c19-16(22-14-15-8-4-3-5-9-15)17-10-13-23(20,21)18-11-6-1-2-7-12-18/h3-5,8-9H,1-2,6-7,10-14H2,(H,17,19). The van der Waals surface area contributed by atoms with Gasteiger partial charge in [0, 0.05) is 19.6 Å². The molecule has 7 heteroatoms. The number of carbonyl (C=O) groups is 1. The van der Waals surface area contributed by atoms with Gasteiger partial charge >= 0.3 is 6.09 Å². The summed E-state index contributed by atoms with van der Waals surface area (Å²) in [6.07, 6.45) is 3.38. The fourth-order valence-electron chi connectivity index (χ4n) is 2.51. The summed E-state index contributed by atoms with van der Waals surface area (Å²) in [5, 5.41) is 2.50. The molecule has 2 rings (SSSR count). The largest absolute Gasteiger partial charge is 0.445 e. The number of alkyl carbamates (subject to hydrolysis) is 1. The Morgan fingerprint density at radius 1 is 1.09 bits per heavy atom. The van der Waals surface area contributed by atoms with Crippen LogP contribution in [0.25, 0.3) is 0 Å². The number of amides is 1. The van der Waals surface area contributed by atoms with Crippen molar-refractivity contribution in [3.63, 3.8) is 0 Å². The highest BCUT2D eigenvalue weighted by molar-refractivity contribution is 7.89. The second kappa shape index (κ2) is 8.88. The van der Waals surface area contributed by atoms with Gasteiger partial charge in [0.15, 0.2) is 0 Å². The molecule has 1 aromatic rings. The Bertz CT molecular complexity index is 581. The number of hydrogen-bond donors (Lipinski definition) is 1. The van der Waals surface area contributed by atoms with Crippen molar-refractivity contribution in [2.24, 2.45) is 0 Å². The summed E-state index contributed by atoms with van der Waals surface area (Å²) < 4.78 is 31.1. The molecule has 0 aromatic heterocycles. The van der Waals surface area contributed by atoms with Gasteiger partial charge in [-0.25, -0.2) is 17.5 Å². The maximum Gasteiger partial charge on any atom is 0.407 e. The number of nitrogens with zero attached hydrogens (tertiary/aromatic N) is 1. The number of hydrogen-bond acceptors (Lipinski definition) is 4. The third kappa shape index (κ3) is 6.19. The van der Waals surface area contributed by atoms with Gasteiger partial charge in [-0.3, -0.25) is 0 Å². The van der Waals surface area contributed by atoms with Crippen LogP contribution in [-0.2, 0) is 21.4 Å². The van der Waals surface area contributed by atoms with Gasteiger partial charge in [0.1, 0.15) is 6.61 Å². The van der Waals surface area contributed by atoms with Crippen molar-refractivity contribution in [1.29, 1.82) is 0 Å². The Hall–Kier alpha value is -1.60. The smallest absolute Gasteiger partial charge is 0.407 e. The van der Waals surface area contributed by atoms with Crippen LogP contribution in [0.4, 0.5) is 4.79 Å². The lowest BCUT2D eigenvalue weighted by Crippen LogP contribution is -2.38. The number of ether oxygens (including phenoxy) is 1. The fourth-order valence-corrected chi connectivity index (χ4v) is 3.94. The predicted octanol–water partition coefficient (Wildman–Crippen LogP) is 2.12. The molecule has 23 heavy (non-hydrogen) atoms. The van der Waals surface area contributed by atoms with Crippen molar-refractivity contribution >= 4 is 16.1 Å². The highest BCUT2D eigenvalue weighted by atomic mass is 32.2. The van der Waals surface area contributed by atoms with Gasteiger partial charge in [0.2, 0.25) is 10.0 Å². The molecule has 1 saturated heterocycles. The highest BCUT2D eigenvalue weighted by Gasteiger charge is 2.22. The summed E-state index contributed by atoms with van der Waals surface area (Å²) in [6.45, 7) is 1.40. The first-order valence-corrected chi connectivity index (χ1v) is 9.61. The third-order valence-corrected chi connectivity index (χ3v) is 5.67. The summed E-state index contributed by atoms with van der Waals surface area (Å²) in [5.74, 6) is -0.0898. The van der Waals surface area contributed by atoms with E-state index in [4.69, 9.17) is 4.74 Å². The summed E-state index contributed by atoms with van der Waals surface area (Å²) in [4.78, 5) is 11.6. The molecular formula is C16H24N2O4S. The Kier molecular flexibility index (Phi) is 6.85. The summed E-state index contributed by atoms with van der Waals surface area (Å²) in [5.41, 5.74) is 0.889. The zero-order valence-electron chi connectivity index (χ0n) is 13.2. The molecule has 128 valence electrons. The number of nitrogens with one attached hydrogen (secondary N) is 1. The first-order chi connectivity index (χ1) is 11.1. The van der Waals surface area contributed by atoms with Crippen LogP contribution in [0.2, 0.25) is 0 Å². The zero-order chi connectivity index (χ0) is 16.5. The quantitative estimate of drug-likeness (QED) is 0.861. The molecule has 1 fully saturated rings. The van der Waals surface area contributed by atoms with E-state index in [1.54, 1.807) is 0 Å². The Balaban J connectivity index is 1.69. The summed E-state index contributed by atoms with van der Waals surface area (Å²) >= 11 is 0. The van der Waals surface area contributed by atoms with Gasteiger partial charge < -0.3 is 10.1 Å². The van der Waals surface area contributed by atoms with Crippen molar-refractivity contribution < 1.29 is 17.9 Å². The molecule has 0 spiro atoms. The number of rotatable bonds is 6. The van der Waals surface area contributed by atoms with E-state index in [9.17, 15) is 13.2 Å². The van der Waals surface area contributed by atoms with Gasteiger partial charge in [-0.15, -0.1) is 0 Å². The molecule has 1 N–H and O–H groups in total. The maximum absolute atomic E-state index is 12.2. The van der Waals surface area contributed by atoms with Crippen molar-refractivity contribution in [2.45, 2.75) is 32.3 Å². The topological polar surface area (TPSA) is 75.7 Å². The minimum Gasteiger partial charge on any atom is -0.445 e. The molecule has 0 radical (unpaired) electrons. The van der Waals surface area contributed by atoms with Crippen LogP contribution in [0, 0.1) is 0 Å². The van der Waals surface area contributed by atoms with E-state index >= 15 is 0 Å². The van der Waals surface area contributed by atoms with E-state index in [-0.39, 0.29) is 18.9 Å². The lowest BCUT2D eigenvalue weighted by Gasteiger charge is -2.19. The van der Waals surface area contributed by atoms with Crippen molar-refractivity contribution in [1.82, 2.24) is 9.62 Å². The fraction of sp³-hybridized carbons (Fsp3) is 0.562. The Morgan fingerprint density at radius 3 is 2.39 bits per heavy atom. The summed E-state index contributed by atoms with van der Waals surface area (Å²) in [7, 11) is -3.31. The second-order valence-corrected chi connectivity index (χ2v) is 7.71. The van der Waals surface area contributed by atoms with E-state index in [0.717, 1.165) is 31.2 Å². The van der Waals surface area contributed by atoms with Crippen LogP contribution in [0.15, 0.2) is 30.3 Å². The molecule has 1 aliphatic heterocycles. The van der Waals surface area contributed by atoms with Crippen LogP contribution in [-0.4, -0.2) is 44.2 Å². The maximum atomic E-state index is 12.2. The average molecular weight is 340 g/mol. The minimum atomic E-state index is -3.31. The SMILES string of the molecule is O=C(NCCS(=O)(=O)N1CCCCCC1)OCc1ccccc1. The highest BCUT2D eigenvalue weighted by Crippen LogP contribution is 2.13. The molecule has 1 amide bonds. The molecule has 1 aliphatic rings. The second-order valence-electron chi connectivity index (χ2n) is 5.62. The van der Waals surface area contributed by atoms with Crippen molar-refractivity contribution in [2.75, 3.05) is 25.4 Å². The normalized spacial score (nSPS) is 16.5. The zero-order valence-corrected chi connectivity index (χ0v) is 14.1. The van der Waals surface area contributed by atoms with E-state index in [1.165, 1.54) is 4.31 Å². The first kappa shape index (κ1) is 17.7. The lowest BCUT2D eigenvalue weighted by atomic mass is 10.2. The molecule has 1 heterocycles. The van der Waals surface area contributed by atoms with Gasteiger partial charge in [0.25, 0.3) is 0 Å². The molecular weight excluding hydrogens is 316 g/mol. The van der Waals surface area contributed by atoms with E-state index in [1.807, 2.05) is 30.3 Å². The summed E-state index contributed by atoms with van der Waals surface area (Å²) in [6, 6.07) is 9.33. The molecule has 0 saturated carbocycles. The Morgan fingerprint density at radius 2 is 1.74 bits per heavy atom. The molecule has 1 aromatic carbocycles. The van der Waals surface area contributed by atoms with E-state index < -0.39 is 16.1 Å². The predicted molar refractivity (Wildman–Crippen MR) is 88.5 cm³/mol. The van der Waals surface area contributed by atoms with Crippen LogP contribution in [0.1, 0.15) is 31.2 Å². The molecule has 0 unspecified atom stereocenters. The number of carbonyl (C=O) groups excluding carboxylic acids is 1. The van der Waals surface area contributed by atoms with Crippen molar-refractivity contribution in [3.8, 4) is 0 Å². The molecule has 0 atom stereocenters. The third-order valence-electron chi connectivity index (χ3n) is 3.80. The monoisotopic (exact) mass is 340 g/mol. The van der Waals surface area contributed by atoms with Crippen molar-refractivity contribution in [3.05, 3.63) is 35.9 Å². The Labute approximate surface area is 137 Å². The average Bonchev–Trinajstić information content (AvgIpc) is 2.84. The van der Waals surface area contributed by atoms with Gasteiger partial charge in [-0.2, -0.15) is 0 Å². The molecule has 6 nitrogen and oxygen atoms in total. The molecule has 0 aliphatic carbocycles. The number of benzene rings is 1. The van der Waals surface area contributed by atoms with Crippen LogP contribution in [0.5, 0.6) is 0 Å². The van der Waals surface area contributed by atoms with Crippen LogP contribution < -0.4 is 5.32 Å². The lowest BCUT2D eigenvalue weighted by molar-refractivity contribution is 0.140. The van der Waals surface area contributed by atoms with Gasteiger partial charge in [-0.05, 0) is 18.4 Å². The van der Waals surface area contributed by atoms with Gasteiger partial charge in [0.05, 0.1) is 5.75 Å². The minimum absolute atomic E-state index is 0.0620. The van der Waals surface area contributed by atoms with E-state index in [2.05, 4.69) is 5.32 Å². The van der Waals surface area contributed by atoms with Crippen LogP contribution >= 0.6 is 0 Å².